The Morgan fingerprint density at radius 2 is 1.69 bits per heavy atom. The molecule has 3 N–H and O–H groups in total. The summed E-state index contributed by atoms with van der Waals surface area (Å²) in [5, 5.41) is 33.0. The number of aliphatic hydroxyl groups is 3. The molecular weight excluding hydrogens is 396 g/mol. The Labute approximate surface area is 196 Å². The monoisotopic (exact) mass is 444 g/mol. The Hall–Kier alpha value is -0.640. The summed E-state index contributed by atoms with van der Waals surface area (Å²) in [4.78, 5) is 0. The SMILES string of the molecule is C/C(=C\[C@@H](C)[C@H]1CC[C@H]2C3=C[C@@H](O)[C@@]4(O)C[C@@H](O)CC[C@]4(C)[C@H]3CC[C@]12C)[C@H](C)C(C)C. The van der Waals surface area contributed by atoms with E-state index in [1.54, 1.807) is 0 Å². The van der Waals surface area contributed by atoms with Gasteiger partial charge in [0.25, 0.3) is 0 Å². The largest absolute Gasteiger partial charge is 0.393 e. The minimum atomic E-state index is -1.20. The summed E-state index contributed by atoms with van der Waals surface area (Å²) in [6.45, 7) is 16.4. The molecule has 0 aliphatic heterocycles. The molecule has 0 amide bonds. The van der Waals surface area contributed by atoms with Crippen LogP contribution in [-0.2, 0) is 0 Å². The molecule has 10 atom stereocenters. The van der Waals surface area contributed by atoms with Crippen LogP contribution in [0.1, 0.15) is 93.4 Å². The van der Waals surface area contributed by atoms with Crippen LogP contribution in [0.3, 0.4) is 0 Å². The molecule has 3 fully saturated rings. The van der Waals surface area contributed by atoms with Crippen LogP contribution in [0.4, 0.5) is 0 Å². The third-order valence-corrected chi connectivity index (χ3v) is 11.2. The van der Waals surface area contributed by atoms with E-state index in [1.807, 2.05) is 6.08 Å². The van der Waals surface area contributed by atoms with E-state index in [0.29, 0.717) is 41.9 Å². The first-order chi connectivity index (χ1) is 14.8. The first kappa shape index (κ1) is 24.5. The summed E-state index contributed by atoms with van der Waals surface area (Å²) >= 11 is 0. The number of rotatable bonds is 4. The lowest BCUT2D eigenvalue weighted by molar-refractivity contribution is -0.210. The van der Waals surface area contributed by atoms with Crippen LogP contribution in [0.25, 0.3) is 0 Å². The third-order valence-electron chi connectivity index (χ3n) is 11.2. The Bertz CT molecular complexity index is 783. The standard InChI is InChI=1S/C29H48O3/c1-17(2)20(5)18(3)14-19(4)23-8-9-24-22-15-26(31)29(32)16-21(30)10-13-28(29,7)25(22)11-12-27(23,24)6/h14-15,17,19-21,23-26,30-32H,8-13,16H2,1-7H3/b18-14+/t19-,20-,21+,23-,24+,25+,26-,27-,28-,29+/m1/s1. The van der Waals surface area contributed by atoms with E-state index in [0.717, 1.165) is 19.3 Å². The number of fused-ring (bicyclic) bond motifs is 5. The van der Waals surface area contributed by atoms with Crippen LogP contribution in [0.15, 0.2) is 23.3 Å². The van der Waals surface area contributed by atoms with Gasteiger partial charge in [0.15, 0.2) is 0 Å². The zero-order chi connectivity index (χ0) is 23.6. The first-order valence-electron chi connectivity index (χ1n) is 13.3. The van der Waals surface area contributed by atoms with E-state index in [9.17, 15) is 15.3 Å². The zero-order valence-corrected chi connectivity index (χ0v) is 21.6. The molecule has 3 saturated carbocycles. The van der Waals surface area contributed by atoms with Crippen molar-refractivity contribution < 1.29 is 15.3 Å². The average molecular weight is 445 g/mol. The highest BCUT2D eigenvalue weighted by Crippen LogP contribution is 2.67. The van der Waals surface area contributed by atoms with Gasteiger partial charge in [0.1, 0.15) is 11.7 Å². The van der Waals surface area contributed by atoms with Gasteiger partial charge in [-0.1, -0.05) is 64.8 Å². The maximum atomic E-state index is 11.6. The zero-order valence-electron chi connectivity index (χ0n) is 21.6. The fraction of sp³-hybridized carbons (Fsp3) is 0.862. The Balaban J connectivity index is 1.63. The Morgan fingerprint density at radius 3 is 2.34 bits per heavy atom. The molecule has 3 nitrogen and oxygen atoms in total. The summed E-state index contributed by atoms with van der Waals surface area (Å²) in [5.41, 5.74) is 1.67. The predicted molar refractivity (Wildman–Crippen MR) is 131 cm³/mol. The maximum absolute atomic E-state index is 11.6. The fourth-order valence-electron chi connectivity index (χ4n) is 8.66. The van der Waals surface area contributed by atoms with Crippen LogP contribution in [0.2, 0.25) is 0 Å². The van der Waals surface area contributed by atoms with Crippen molar-refractivity contribution in [2.75, 3.05) is 0 Å². The molecule has 0 unspecified atom stereocenters. The first-order valence-corrected chi connectivity index (χ1v) is 13.3. The fourth-order valence-corrected chi connectivity index (χ4v) is 8.66. The molecule has 4 aliphatic carbocycles. The van der Waals surface area contributed by atoms with Gasteiger partial charge >= 0.3 is 0 Å². The van der Waals surface area contributed by atoms with E-state index in [1.165, 1.54) is 30.4 Å². The smallest absolute Gasteiger partial charge is 0.102 e. The van der Waals surface area contributed by atoms with Crippen LogP contribution in [-0.4, -0.2) is 33.1 Å². The van der Waals surface area contributed by atoms with E-state index >= 15 is 0 Å². The summed E-state index contributed by atoms with van der Waals surface area (Å²) in [6.07, 6.45) is 9.77. The molecule has 0 radical (unpaired) electrons. The summed E-state index contributed by atoms with van der Waals surface area (Å²) in [6, 6.07) is 0. The van der Waals surface area contributed by atoms with Crippen molar-refractivity contribution in [1.82, 2.24) is 0 Å². The molecular formula is C29H48O3. The molecule has 0 saturated heterocycles. The van der Waals surface area contributed by atoms with Crippen LogP contribution in [0.5, 0.6) is 0 Å². The van der Waals surface area contributed by atoms with Gasteiger partial charge in [-0.3, -0.25) is 0 Å². The van der Waals surface area contributed by atoms with Crippen molar-refractivity contribution in [2.45, 2.75) is 111 Å². The molecule has 4 aliphatic rings. The van der Waals surface area contributed by atoms with Crippen LogP contribution >= 0.6 is 0 Å². The lowest BCUT2D eigenvalue weighted by atomic mass is 9.45. The van der Waals surface area contributed by atoms with Crippen molar-refractivity contribution in [2.24, 2.45) is 46.3 Å². The van der Waals surface area contributed by atoms with Crippen molar-refractivity contribution in [3.8, 4) is 0 Å². The average Bonchev–Trinajstić information content (AvgIpc) is 3.07. The van der Waals surface area contributed by atoms with Crippen molar-refractivity contribution in [3.63, 3.8) is 0 Å². The number of allylic oxidation sites excluding steroid dienone is 3. The van der Waals surface area contributed by atoms with Gasteiger partial charge in [0.05, 0.1) is 6.10 Å². The second-order valence-electron chi connectivity index (χ2n) is 13.0. The quantitative estimate of drug-likeness (QED) is 0.474. The second-order valence-corrected chi connectivity index (χ2v) is 13.0. The van der Waals surface area contributed by atoms with Crippen molar-refractivity contribution >= 4 is 0 Å². The highest BCUT2D eigenvalue weighted by Gasteiger charge is 2.64. The minimum absolute atomic E-state index is 0.263. The van der Waals surface area contributed by atoms with Crippen LogP contribution < -0.4 is 0 Å². The topological polar surface area (TPSA) is 60.7 Å². The molecule has 0 aromatic rings. The lowest BCUT2D eigenvalue weighted by Gasteiger charge is -2.62. The van der Waals surface area contributed by atoms with Crippen LogP contribution in [0, 0.1) is 46.3 Å². The molecule has 4 rings (SSSR count). The summed E-state index contributed by atoms with van der Waals surface area (Å²) in [5.74, 6) is 3.36. The van der Waals surface area contributed by atoms with E-state index in [-0.39, 0.29) is 10.8 Å². The van der Waals surface area contributed by atoms with E-state index < -0.39 is 17.8 Å². The molecule has 32 heavy (non-hydrogen) atoms. The van der Waals surface area contributed by atoms with Crippen molar-refractivity contribution in [3.05, 3.63) is 23.3 Å². The van der Waals surface area contributed by atoms with Gasteiger partial charge in [-0.15, -0.1) is 0 Å². The molecule has 182 valence electrons. The molecule has 0 aromatic heterocycles. The minimum Gasteiger partial charge on any atom is -0.393 e. The van der Waals surface area contributed by atoms with Gasteiger partial charge < -0.3 is 15.3 Å². The number of hydrogen-bond acceptors (Lipinski definition) is 3. The molecule has 0 heterocycles. The third kappa shape index (κ3) is 3.48. The maximum Gasteiger partial charge on any atom is 0.102 e. The highest BCUT2D eigenvalue weighted by atomic mass is 16.3. The van der Waals surface area contributed by atoms with E-state index in [4.69, 9.17) is 0 Å². The number of aliphatic hydroxyl groups excluding tert-OH is 2. The normalized spacial score (nSPS) is 48.5. The predicted octanol–water partition coefficient (Wildman–Crippen LogP) is 5.89. The van der Waals surface area contributed by atoms with E-state index in [2.05, 4.69) is 54.5 Å². The molecule has 0 aromatic carbocycles. The molecule has 0 spiro atoms. The van der Waals surface area contributed by atoms with Crippen molar-refractivity contribution in [1.29, 1.82) is 0 Å². The van der Waals surface area contributed by atoms with Gasteiger partial charge in [-0.2, -0.15) is 0 Å². The Kier molecular flexibility index (Phi) is 6.30. The second kappa shape index (κ2) is 8.24. The molecule has 3 heteroatoms. The summed E-state index contributed by atoms with van der Waals surface area (Å²) in [7, 11) is 0. The van der Waals surface area contributed by atoms with Gasteiger partial charge in [0.2, 0.25) is 0 Å². The van der Waals surface area contributed by atoms with Gasteiger partial charge in [-0.25, -0.2) is 0 Å². The lowest BCUT2D eigenvalue weighted by Crippen LogP contribution is -2.65. The Morgan fingerprint density at radius 1 is 1.00 bits per heavy atom. The number of hydrogen-bond donors (Lipinski definition) is 3. The van der Waals surface area contributed by atoms with Gasteiger partial charge in [0, 0.05) is 11.8 Å². The summed E-state index contributed by atoms with van der Waals surface area (Å²) < 4.78 is 0. The molecule has 0 bridgehead atoms. The highest BCUT2D eigenvalue weighted by molar-refractivity contribution is 5.33. The van der Waals surface area contributed by atoms with Gasteiger partial charge in [-0.05, 0) is 86.4 Å².